The van der Waals surface area contributed by atoms with Crippen LogP contribution in [0.15, 0.2) is 18.2 Å². The summed E-state index contributed by atoms with van der Waals surface area (Å²) in [6, 6.07) is 5.31. The SMILES string of the molecule is COC(=O)c1ccc(C)c(NC(=O)N2C[C@H](C)CCC[C@H]2C)c1. The summed E-state index contributed by atoms with van der Waals surface area (Å²) in [6.07, 6.45) is 3.34. The molecule has 1 heterocycles. The van der Waals surface area contributed by atoms with E-state index in [0.717, 1.165) is 31.4 Å². The molecule has 2 rings (SSSR count). The predicted molar refractivity (Wildman–Crippen MR) is 90.7 cm³/mol. The van der Waals surface area contributed by atoms with E-state index < -0.39 is 5.97 Å². The molecule has 1 aliphatic heterocycles. The number of esters is 1. The van der Waals surface area contributed by atoms with Gasteiger partial charge in [-0.3, -0.25) is 0 Å². The van der Waals surface area contributed by atoms with E-state index >= 15 is 0 Å². The van der Waals surface area contributed by atoms with E-state index in [2.05, 4.69) is 19.2 Å². The molecule has 0 aliphatic carbocycles. The highest BCUT2D eigenvalue weighted by Crippen LogP contribution is 2.23. The highest BCUT2D eigenvalue weighted by atomic mass is 16.5. The third-order valence-electron chi connectivity index (χ3n) is 4.52. The number of amides is 2. The zero-order chi connectivity index (χ0) is 17.0. The van der Waals surface area contributed by atoms with Crippen molar-refractivity contribution in [3.8, 4) is 0 Å². The van der Waals surface area contributed by atoms with Crippen LogP contribution in [0.1, 0.15) is 49.0 Å². The molecule has 0 radical (unpaired) electrons. The van der Waals surface area contributed by atoms with Gasteiger partial charge in [0.2, 0.25) is 0 Å². The van der Waals surface area contributed by atoms with E-state index in [1.165, 1.54) is 7.11 Å². The fourth-order valence-corrected chi connectivity index (χ4v) is 3.00. The lowest BCUT2D eigenvalue weighted by Crippen LogP contribution is -2.42. The van der Waals surface area contributed by atoms with Gasteiger partial charge in [0.15, 0.2) is 0 Å². The molecule has 1 fully saturated rings. The number of nitrogens with one attached hydrogen (secondary N) is 1. The molecule has 0 saturated carbocycles. The Balaban J connectivity index is 2.17. The molecular formula is C18H26N2O3. The minimum atomic E-state index is -0.405. The Labute approximate surface area is 138 Å². The fourth-order valence-electron chi connectivity index (χ4n) is 3.00. The number of methoxy groups -OCH3 is 1. The summed E-state index contributed by atoms with van der Waals surface area (Å²) in [4.78, 5) is 26.2. The van der Waals surface area contributed by atoms with Gasteiger partial charge >= 0.3 is 12.0 Å². The van der Waals surface area contributed by atoms with E-state index in [0.29, 0.717) is 17.2 Å². The maximum Gasteiger partial charge on any atom is 0.337 e. The number of anilines is 1. The van der Waals surface area contributed by atoms with Gasteiger partial charge in [0.1, 0.15) is 0 Å². The van der Waals surface area contributed by atoms with Gasteiger partial charge < -0.3 is 15.0 Å². The van der Waals surface area contributed by atoms with Crippen LogP contribution in [0.3, 0.4) is 0 Å². The second-order valence-electron chi connectivity index (χ2n) is 6.49. The Morgan fingerprint density at radius 2 is 2.00 bits per heavy atom. The van der Waals surface area contributed by atoms with Crippen molar-refractivity contribution in [3.05, 3.63) is 29.3 Å². The molecular weight excluding hydrogens is 292 g/mol. The van der Waals surface area contributed by atoms with Gasteiger partial charge in [-0.25, -0.2) is 9.59 Å². The van der Waals surface area contributed by atoms with Crippen molar-refractivity contribution in [2.75, 3.05) is 19.0 Å². The van der Waals surface area contributed by atoms with Crippen LogP contribution in [0.4, 0.5) is 10.5 Å². The van der Waals surface area contributed by atoms with Gasteiger partial charge in [0.05, 0.1) is 12.7 Å². The van der Waals surface area contributed by atoms with Gasteiger partial charge in [-0.2, -0.15) is 0 Å². The van der Waals surface area contributed by atoms with Crippen LogP contribution in [0.25, 0.3) is 0 Å². The number of rotatable bonds is 2. The van der Waals surface area contributed by atoms with Crippen molar-refractivity contribution >= 4 is 17.7 Å². The zero-order valence-electron chi connectivity index (χ0n) is 14.4. The molecule has 2 atom stereocenters. The molecule has 1 N–H and O–H groups in total. The molecule has 0 bridgehead atoms. The van der Waals surface area contributed by atoms with Crippen molar-refractivity contribution in [2.24, 2.45) is 5.92 Å². The smallest absolute Gasteiger partial charge is 0.337 e. The third kappa shape index (κ3) is 4.24. The number of carbonyl (C=O) groups excluding carboxylic acids is 2. The topological polar surface area (TPSA) is 58.6 Å². The fraction of sp³-hybridized carbons (Fsp3) is 0.556. The lowest BCUT2D eigenvalue weighted by Gasteiger charge is -2.29. The van der Waals surface area contributed by atoms with Crippen LogP contribution < -0.4 is 5.32 Å². The van der Waals surface area contributed by atoms with Crippen molar-refractivity contribution in [2.45, 2.75) is 46.1 Å². The van der Waals surface area contributed by atoms with Gasteiger partial charge in [-0.15, -0.1) is 0 Å². The van der Waals surface area contributed by atoms with Crippen molar-refractivity contribution in [1.29, 1.82) is 0 Å². The maximum absolute atomic E-state index is 12.7. The Kier molecular flexibility index (Phi) is 5.64. The molecule has 2 amide bonds. The van der Waals surface area contributed by atoms with E-state index in [4.69, 9.17) is 4.74 Å². The molecule has 0 spiro atoms. The molecule has 1 saturated heterocycles. The Bertz CT molecular complexity index is 586. The van der Waals surface area contributed by atoms with Gasteiger partial charge in [0, 0.05) is 18.3 Å². The van der Waals surface area contributed by atoms with Crippen LogP contribution in [0.2, 0.25) is 0 Å². The highest BCUT2D eigenvalue weighted by Gasteiger charge is 2.25. The Morgan fingerprint density at radius 1 is 1.26 bits per heavy atom. The van der Waals surface area contributed by atoms with Crippen LogP contribution in [0.5, 0.6) is 0 Å². The second-order valence-corrected chi connectivity index (χ2v) is 6.49. The number of hydrogen-bond donors (Lipinski definition) is 1. The molecule has 1 aliphatic rings. The van der Waals surface area contributed by atoms with Gasteiger partial charge in [-0.1, -0.05) is 19.4 Å². The minimum absolute atomic E-state index is 0.101. The van der Waals surface area contributed by atoms with Gasteiger partial charge in [-0.05, 0) is 50.3 Å². The standard InChI is InChI=1S/C18H26N2O3/c1-12-6-5-7-14(3)20(11-12)18(22)19-16-10-15(17(21)23-4)9-8-13(16)2/h8-10,12,14H,5-7,11H2,1-4H3,(H,19,22)/t12-,14-/m1/s1. The first kappa shape index (κ1) is 17.3. The summed E-state index contributed by atoms with van der Waals surface area (Å²) in [5.74, 6) is 0.102. The summed E-state index contributed by atoms with van der Waals surface area (Å²) in [5, 5.41) is 2.96. The lowest BCUT2D eigenvalue weighted by atomic mass is 10.1. The molecule has 23 heavy (non-hydrogen) atoms. The van der Waals surface area contributed by atoms with Crippen molar-refractivity contribution < 1.29 is 14.3 Å². The first-order valence-electron chi connectivity index (χ1n) is 8.19. The monoisotopic (exact) mass is 318 g/mol. The highest BCUT2D eigenvalue weighted by molar-refractivity contribution is 5.94. The summed E-state index contributed by atoms with van der Waals surface area (Å²) in [6.45, 7) is 6.95. The lowest BCUT2D eigenvalue weighted by molar-refractivity contribution is 0.0600. The van der Waals surface area contributed by atoms with Crippen LogP contribution in [0, 0.1) is 12.8 Å². The molecule has 1 aromatic carbocycles. The van der Waals surface area contributed by atoms with E-state index in [9.17, 15) is 9.59 Å². The second kappa shape index (κ2) is 7.49. The first-order valence-corrected chi connectivity index (χ1v) is 8.19. The largest absolute Gasteiger partial charge is 0.465 e. The zero-order valence-corrected chi connectivity index (χ0v) is 14.4. The number of urea groups is 1. The molecule has 5 heteroatoms. The third-order valence-corrected chi connectivity index (χ3v) is 4.52. The summed E-state index contributed by atoms with van der Waals surface area (Å²) >= 11 is 0. The Hall–Kier alpha value is -2.04. The van der Waals surface area contributed by atoms with Crippen LogP contribution in [-0.4, -0.2) is 36.6 Å². The normalized spacial score (nSPS) is 21.5. The number of likely N-dealkylation sites (tertiary alicyclic amines) is 1. The van der Waals surface area contributed by atoms with Crippen molar-refractivity contribution in [1.82, 2.24) is 4.90 Å². The molecule has 5 nitrogen and oxygen atoms in total. The maximum atomic E-state index is 12.7. The van der Waals surface area contributed by atoms with Crippen LogP contribution in [-0.2, 0) is 4.74 Å². The number of ether oxygens (including phenoxy) is 1. The number of hydrogen-bond acceptors (Lipinski definition) is 3. The van der Waals surface area contributed by atoms with E-state index in [1.54, 1.807) is 12.1 Å². The van der Waals surface area contributed by atoms with Crippen LogP contribution >= 0.6 is 0 Å². The number of benzene rings is 1. The Morgan fingerprint density at radius 3 is 2.70 bits per heavy atom. The molecule has 1 aromatic rings. The van der Waals surface area contributed by atoms with E-state index in [1.807, 2.05) is 17.9 Å². The summed E-state index contributed by atoms with van der Waals surface area (Å²) in [5.41, 5.74) is 2.01. The van der Waals surface area contributed by atoms with Crippen molar-refractivity contribution in [3.63, 3.8) is 0 Å². The quantitative estimate of drug-likeness (QED) is 0.843. The molecule has 0 unspecified atom stereocenters. The number of nitrogens with zero attached hydrogens (tertiary/aromatic N) is 1. The van der Waals surface area contributed by atoms with E-state index in [-0.39, 0.29) is 12.1 Å². The van der Waals surface area contributed by atoms with Gasteiger partial charge in [0.25, 0.3) is 0 Å². The predicted octanol–water partition coefficient (Wildman–Crippen LogP) is 3.82. The number of carbonyl (C=O) groups is 2. The summed E-state index contributed by atoms with van der Waals surface area (Å²) in [7, 11) is 1.35. The first-order chi connectivity index (χ1) is 10.9. The summed E-state index contributed by atoms with van der Waals surface area (Å²) < 4.78 is 4.74. The molecule has 126 valence electrons. The number of aryl methyl sites for hydroxylation is 1. The average Bonchev–Trinajstić information content (AvgIpc) is 2.69. The minimum Gasteiger partial charge on any atom is -0.465 e. The average molecular weight is 318 g/mol. The molecule has 0 aromatic heterocycles.